The lowest BCUT2D eigenvalue weighted by molar-refractivity contribution is -0.119. The van der Waals surface area contributed by atoms with Crippen LogP contribution in [0.15, 0.2) is 0 Å². The number of hydrogen-bond donors (Lipinski definition) is 3. The first-order valence-electron chi connectivity index (χ1n) is 4.31. The van der Waals surface area contributed by atoms with Crippen LogP contribution in [0.4, 0.5) is 0 Å². The summed E-state index contributed by atoms with van der Waals surface area (Å²) in [5.41, 5.74) is 5.24. The van der Waals surface area contributed by atoms with Crippen LogP contribution in [0.1, 0.15) is 19.8 Å². The molecule has 0 heterocycles. The highest BCUT2D eigenvalue weighted by Gasteiger charge is 2.09. The summed E-state index contributed by atoms with van der Waals surface area (Å²) in [7, 11) is 1.81. The first kappa shape index (κ1) is 11.6. The van der Waals surface area contributed by atoms with Gasteiger partial charge in [-0.1, -0.05) is 0 Å². The molecule has 0 aliphatic heterocycles. The summed E-state index contributed by atoms with van der Waals surface area (Å²) in [6, 6.07) is 0.00424. The predicted octanol–water partition coefficient (Wildman–Crippen LogP) is -0.551. The monoisotopic (exact) mass is 173 g/mol. The number of nitrogens with one attached hydrogen (secondary N) is 2. The van der Waals surface area contributed by atoms with E-state index < -0.39 is 0 Å². The van der Waals surface area contributed by atoms with Crippen LogP contribution in [-0.2, 0) is 4.79 Å². The van der Waals surface area contributed by atoms with Crippen molar-refractivity contribution < 1.29 is 4.79 Å². The third-order valence-corrected chi connectivity index (χ3v) is 1.83. The molecule has 0 saturated heterocycles. The average molecular weight is 173 g/mol. The Balaban J connectivity index is 3.38. The molecule has 4 nitrogen and oxygen atoms in total. The molecule has 0 aliphatic carbocycles. The van der Waals surface area contributed by atoms with Gasteiger partial charge in [-0.2, -0.15) is 0 Å². The third kappa shape index (κ3) is 5.23. The van der Waals surface area contributed by atoms with Crippen LogP contribution in [0.25, 0.3) is 0 Å². The number of ketones is 1. The van der Waals surface area contributed by atoms with Crippen molar-refractivity contribution in [1.29, 1.82) is 0 Å². The molecule has 1 atom stereocenters. The molecule has 0 rings (SSSR count). The SMILES string of the molecule is CN[C@@H](CCCNCN)C(C)=O. The summed E-state index contributed by atoms with van der Waals surface area (Å²) in [6.45, 7) is 2.99. The molecule has 0 aliphatic rings. The number of nitrogens with two attached hydrogens (primary N) is 1. The van der Waals surface area contributed by atoms with Crippen molar-refractivity contribution >= 4 is 5.78 Å². The average Bonchev–Trinajstić information content (AvgIpc) is 2.04. The van der Waals surface area contributed by atoms with E-state index in [4.69, 9.17) is 5.73 Å². The minimum absolute atomic E-state index is 0.00424. The maximum absolute atomic E-state index is 10.9. The van der Waals surface area contributed by atoms with E-state index in [1.807, 2.05) is 7.05 Å². The van der Waals surface area contributed by atoms with E-state index in [1.165, 1.54) is 0 Å². The number of rotatable bonds is 7. The molecule has 4 N–H and O–H groups in total. The molecule has 0 spiro atoms. The number of carbonyl (C=O) groups is 1. The maximum atomic E-state index is 10.9. The summed E-state index contributed by atoms with van der Waals surface area (Å²) in [4.78, 5) is 10.9. The van der Waals surface area contributed by atoms with Crippen LogP contribution >= 0.6 is 0 Å². The molecular weight excluding hydrogens is 154 g/mol. The topological polar surface area (TPSA) is 67.2 Å². The lowest BCUT2D eigenvalue weighted by Crippen LogP contribution is -2.33. The van der Waals surface area contributed by atoms with Gasteiger partial charge in [-0.15, -0.1) is 0 Å². The zero-order valence-corrected chi connectivity index (χ0v) is 7.89. The summed E-state index contributed by atoms with van der Waals surface area (Å²) in [6.07, 6.45) is 1.85. The Kier molecular flexibility index (Phi) is 6.94. The molecular formula is C8H19N3O. The quantitative estimate of drug-likeness (QED) is 0.357. The van der Waals surface area contributed by atoms with E-state index >= 15 is 0 Å². The normalized spacial score (nSPS) is 12.9. The Morgan fingerprint density at radius 2 is 2.25 bits per heavy atom. The minimum atomic E-state index is 0.00424. The second-order valence-electron chi connectivity index (χ2n) is 2.80. The second-order valence-corrected chi connectivity index (χ2v) is 2.80. The van der Waals surface area contributed by atoms with E-state index in [0.29, 0.717) is 6.67 Å². The number of likely N-dealkylation sites (N-methyl/N-ethyl adjacent to an activating group) is 1. The van der Waals surface area contributed by atoms with Crippen molar-refractivity contribution in [2.75, 3.05) is 20.3 Å². The van der Waals surface area contributed by atoms with Gasteiger partial charge in [0.25, 0.3) is 0 Å². The molecule has 0 amide bonds. The molecule has 0 saturated carbocycles. The zero-order chi connectivity index (χ0) is 9.40. The van der Waals surface area contributed by atoms with Crippen LogP contribution in [0.5, 0.6) is 0 Å². The molecule has 12 heavy (non-hydrogen) atoms. The van der Waals surface area contributed by atoms with Gasteiger partial charge in [-0.3, -0.25) is 4.79 Å². The number of Topliss-reactive ketones (excluding diaryl/α,β-unsaturated/α-hetero) is 1. The summed E-state index contributed by atoms with van der Waals surface area (Å²) in [5, 5.41) is 5.98. The lowest BCUT2D eigenvalue weighted by atomic mass is 10.1. The second kappa shape index (κ2) is 7.21. The van der Waals surface area contributed by atoms with Crippen molar-refractivity contribution in [3.05, 3.63) is 0 Å². The summed E-state index contributed by atoms with van der Waals surface area (Å²) in [5.74, 6) is 0.199. The molecule has 0 aromatic rings. The predicted molar refractivity (Wildman–Crippen MR) is 49.8 cm³/mol. The van der Waals surface area contributed by atoms with Crippen molar-refractivity contribution in [2.45, 2.75) is 25.8 Å². The van der Waals surface area contributed by atoms with Gasteiger partial charge in [-0.25, -0.2) is 0 Å². The van der Waals surface area contributed by atoms with Gasteiger partial charge in [0.05, 0.1) is 6.04 Å². The summed E-state index contributed by atoms with van der Waals surface area (Å²) >= 11 is 0. The lowest BCUT2D eigenvalue weighted by Gasteiger charge is -2.11. The number of hydrogen-bond acceptors (Lipinski definition) is 4. The molecule has 0 radical (unpaired) electrons. The molecule has 0 bridgehead atoms. The highest BCUT2D eigenvalue weighted by molar-refractivity contribution is 5.81. The fourth-order valence-electron chi connectivity index (χ4n) is 1.08. The maximum Gasteiger partial charge on any atom is 0.146 e. The van der Waals surface area contributed by atoms with Gasteiger partial charge >= 0.3 is 0 Å². The Morgan fingerprint density at radius 3 is 2.67 bits per heavy atom. The van der Waals surface area contributed by atoms with E-state index in [9.17, 15) is 4.79 Å². The first-order valence-corrected chi connectivity index (χ1v) is 4.31. The third-order valence-electron chi connectivity index (χ3n) is 1.83. The largest absolute Gasteiger partial charge is 0.318 e. The fraction of sp³-hybridized carbons (Fsp3) is 0.875. The van der Waals surface area contributed by atoms with Crippen LogP contribution in [0, 0.1) is 0 Å². The van der Waals surface area contributed by atoms with Crippen LogP contribution in [0.2, 0.25) is 0 Å². The van der Waals surface area contributed by atoms with E-state index in [2.05, 4.69) is 10.6 Å². The van der Waals surface area contributed by atoms with Gasteiger partial charge < -0.3 is 16.4 Å². The Hall–Kier alpha value is -0.450. The van der Waals surface area contributed by atoms with E-state index in [-0.39, 0.29) is 11.8 Å². The van der Waals surface area contributed by atoms with Gasteiger partial charge in [0.2, 0.25) is 0 Å². The van der Waals surface area contributed by atoms with Gasteiger partial charge in [-0.05, 0) is 33.4 Å². The molecule has 0 fully saturated rings. The fourth-order valence-corrected chi connectivity index (χ4v) is 1.08. The van der Waals surface area contributed by atoms with Crippen molar-refractivity contribution in [2.24, 2.45) is 5.73 Å². The van der Waals surface area contributed by atoms with Crippen molar-refractivity contribution in [1.82, 2.24) is 10.6 Å². The number of carbonyl (C=O) groups excluding carboxylic acids is 1. The first-order chi connectivity index (χ1) is 5.72. The molecule has 0 unspecified atom stereocenters. The van der Waals surface area contributed by atoms with Gasteiger partial charge in [0.15, 0.2) is 0 Å². The Bertz CT molecular complexity index is 127. The van der Waals surface area contributed by atoms with Crippen molar-refractivity contribution in [3.63, 3.8) is 0 Å². The van der Waals surface area contributed by atoms with Crippen LogP contribution < -0.4 is 16.4 Å². The Morgan fingerprint density at radius 1 is 1.58 bits per heavy atom. The van der Waals surface area contributed by atoms with Crippen LogP contribution in [0.3, 0.4) is 0 Å². The highest BCUT2D eigenvalue weighted by Crippen LogP contribution is 1.96. The molecule has 0 aromatic carbocycles. The van der Waals surface area contributed by atoms with Crippen molar-refractivity contribution in [3.8, 4) is 0 Å². The zero-order valence-electron chi connectivity index (χ0n) is 7.89. The Labute approximate surface area is 73.9 Å². The minimum Gasteiger partial charge on any atom is -0.318 e. The van der Waals surface area contributed by atoms with Gasteiger partial charge in [0, 0.05) is 6.67 Å². The van der Waals surface area contributed by atoms with Gasteiger partial charge in [0.1, 0.15) is 5.78 Å². The smallest absolute Gasteiger partial charge is 0.146 e. The molecule has 0 aromatic heterocycles. The molecule has 72 valence electrons. The standard InChI is InChI=1S/C8H19N3O/c1-7(12)8(10-2)4-3-5-11-6-9/h8,10-11H,3-6,9H2,1-2H3/t8-/m0/s1. The summed E-state index contributed by atoms with van der Waals surface area (Å²) < 4.78 is 0. The van der Waals surface area contributed by atoms with E-state index in [1.54, 1.807) is 6.92 Å². The molecule has 4 heteroatoms. The van der Waals surface area contributed by atoms with Crippen LogP contribution in [-0.4, -0.2) is 32.1 Å². The van der Waals surface area contributed by atoms with E-state index in [0.717, 1.165) is 19.4 Å². The highest BCUT2D eigenvalue weighted by atomic mass is 16.1.